The van der Waals surface area contributed by atoms with Gasteiger partial charge in [0.05, 0.1) is 17.1 Å². The number of amides is 1. The van der Waals surface area contributed by atoms with Crippen molar-refractivity contribution < 1.29 is 17.4 Å². The van der Waals surface area contributed by atoms with Crippen LogP contribution < -0.4 is 15.5 Å². The molecule has 1 fully saturated rings. The summed E-state index contributed by atoms with van der Waals surface area (Å²) in [6.07, 6.45) is 19.7. The number of hydrogen-bond acceptors (Lipinski definition) is 7. The van der Waals surface area contributed by atoms with Crippen LogP contribution in [-0.4, -0.2) is 58.6 Å². The number of piperazine rings is 1. The van der Waals surface area contributed by atoms with Crippen LogP contribution in [0.1, 0.15) is 112 Å². The number of anilines is 1. The molecule has 9 heteroatoms. The van der Waals surface area contributed by atoms with E-state index < -0.39 is 10.1 Å². The van der Waals surface area contributed by atoms with Crippen LogP contribution in [0.5, 0.6) is 0 Å². The fraction of sp³-hybridized carbons (Fsp3) is 0.647. The average Bonchev–Trinajstić information content (AvgIpc) is 3.02. The van der Waals surface area contributed by atoms with Crippen molar-refractivity contribution in [3.63, 3.8) is 0 Å². The predicted molar refractivity (Wildman–Crippen MR) is 175 cm³/mol. The molecule has 1 saturated heterocycles. The number of hydrogen-bond donors (Lipinski definition) is 2. The number of unbranched alkanes of at least 4 members (excludes halogenated alkanes) is 14. The lowest BCUT2D eigenvalue weighted by Crippen LogP contribution is -2.43. The molecule has 0 unspecified atom stereocenters. The summed E-state index contributed by atoms with van der Waals surface area (Å²) in [7, 11) is -3.63. The number of nitrogens with zero attached hydrogens (tertiary/aromatic N) is 2. The minimum atomic E-state index is -3.63. The van der Waals surface area contributed by atoms with Crippen molar-refractivity contribution in [3.8, 4) is 0 Å². The molecule has 3 rings (SSSR count). The minimum Gasteiger partial charge on any atom is -0.354 e. The topological polar surface area (TPSA) is 101 Å². The summed E-state index contributed by atoms with van der Waals surface area (Å²) < 4.78 is 29.5. The van der Waals surface area contributed by atoms with Gasteiger partial charge < -0.3 is 15.5 Å². The third-order valence-corrected chi connectivity index (χ3v) is 9.43. The van der Waals surface area contributed by atoms with E-state index in [0.29, 0.717) is 5.56 Å². The van der Waals surface area contributed by atoms with Gasteiger partial charge >= 0.3 is 0 Å². The molecule has 1 aliphatic rings. The maximum absolute atomic E-state index is 12.4. The van der Waals surface area contributed by atoms with E-state index in [-0.39, 0.29) is 17.4 Å². The normalized spacial score (nSPS) is 13.7. The van der Waals surface area contributed by atoms with E-state index in [1.54, 1.807) is 30.5 Å². The van der Waals surface area contributed by atoms with E-state index in [2.05, 4.69) is 20.5 Å². The molecule has 8 nitrogen and oxygen atoms in total. The van der Waals surface area contributed by atoms with E-state index in [1.807, 2.05) is 19.1 Å². The maximum atomic E-state index is 12.4. The number of aryl methyl sites for hydroxylation is 1. The third-order valence-electron chi connectivity index (χ3n) is 8.11. The first-order valence-electron chi connectivity index (χ1n) is 16.6. The molecule has 2 aromatic rings. The Kier molecular flexibility index (Phi) is 16.7. The van der Waals surface area contributed by atoms with Gasteiger partial charge in [0.2, 0.25) is 0 Å². The molecule has 0 bridgehead atoms. The van der Waals surface area contributed by atoms with Crippen molar-refractivity contribution in [1.82, 2.24) is 15.6 Å². The Hall–Kier alpha value is -2.49. The monoisotopic (exact) mass is 614 g/mol. The second-order valence-corrected chi connectivity index (χ2v) is 13.4. The molecular weight excluding hydrogens is 560 g/mol. The number of pyridine rings is 1. The highest BCUT2D eigenvalue weighted by atomic mass is 32.2. The predicted octanol–water partition coefficient (Wildman–Crippen LogP) is 6.79. The molecular formula is C34H54N4O4S. The van der Waals surface area contributed by atoms with Gasteiger partial charge in [-0.15, -0.1) is 0 Å². The molecule has 1 aromatic carbocycles. The molecule has 0 radical (unpaired) electrons. The van der Waals surface area contributed by atoms with Crippen molar-refractivity contribution in [2.45, 2.75) is 108 Å². The minimum absolute atomic E-state index is 0.0313. The Balaban J connectivity index is 1.04. The largest absolute Gasteiger partial charge is 0.354 e. The Labute approximate surface area is 260 Å². The van der Waals surface area contributed by atoms with Crippen LogP contribution in [0.15, 0.2) is 47.5 Å². The van der Waals surface area contributed by atoms with E-state index in [4.69, 9.17) is 4.18 Å². The molecule has 0 saturated carbocycles. The lowest BCUT2D eigenvalue weighted by Gasteiger charge is -2.28. The van der Waals surface area contributed by atoms with Gasteiger partial charge in [-0.05, 0) is 44.0 Å². The highest BCUT2D eigenvalue weighted by Crippen LogP contribution is 2.16. The number of benzene rings is 1. The lowest BCUT2D eigenvalue weighted by molar-refractivity contribution is 0.0952. The summed E-state index contributed by atoms with van der Waals surface area (Å²) in [5, 5.41) is 6.37. The molecule has 0 atom stereocenters. The summed E-state index contributed by atoms with van der Waals surface area (Å²) in [6, 6.07) is 10.6. The second-order valence-electron chi connectivity index (χ2n) is 11.8. The van der Waals surface area contributed by atoms with Gasteiger partial charge in [-0.1, -0.05) is 101 Å². The van der Waals surface area contributed by atoms with Crippen LogP contribution in [0.25, 0.3) is 0 Å². The SMILES string of the molecule is Cc1ccc(S(=O)(=O)OCCCCCCCCCCCCCCCCCNC(=O)c2ccc(N3CCNCC3)nc2)cc1. The molecule has 2 N–H and O–H groups in total. The molecule has 43 heavy (non-hydrogen) atoms. The van der Waals surface area contributed by atoms with Crippen LogP contribution in [0.2, 0.25) is 0 Å². The van der Waals surface area contributed by atoms with Gasteiger partial charge in [0.25, 0.3) is 16.0 Å². The van der Waals surface area contributed by atoms with E-state index in [0.717, 1.165) is 76.2 Å². The van der Waals surface area contributed by atoms with Crippen molar-refractivity contribution in [1.29, 1.82) is 0 Å². The number of aromatic nitrogens is 1. The highest BCUT2D eigenvalue weighted by molar-refractivity contribution is 7.86. The Morgan fingerprint density at radius 3 is 1.86 bits per heavy atom. The van der Waals surface area contributed by atoms with E-state index in [9.17, 15) is 13.2 Å². The smallest absolute Gasteiger partial charge is 0.296 e. The fourth-order valence-electron chi connectivity index (χ4n) is 5.37. The number of carbonyl (C=O) groups is 1. The molecule has 1 aromatic heterocycles. The number of carbonyl (C=O) groups excluding carboxylic acids is 1. The quantitative estimate of drug-likeness (QED) is 0.111. The molecule has 240 valence electrons. The Morgan fingerprint density at radius 1 is 0.791 bits per heavy atom. The first-order chi connectivity index (χ1) is 21.0. The van der Waals surface area contributed by atoms with Crippen LogP contribution in [0, 0.1) is 6.92 Å². The second kappa shape index (κ2) is 20.5. The zero-order chi connectivity index (χ0) is 30.6. The highest BCUT2D eigenvalue weighted by Gasteiger charge is 2.14. The van der Waals surface area contributed by atoms with Crippen LogP contribution in [0.3, 0.4) is 0 Å². The Morgan fingerprint density at radius 2 is 1.33 bits per heavy atom. The van der Waals surface area contributed by atoms with E-state index >= 15 is 0 Å². The maximum Gasteiger partial charge on any atom is 0.296 e. The lowest BCUT2D eigenvalue weighted by atomic mass is 10.0. The zero-order valence-electron chi connectivity index (χ0n) is 26.3. The van der Waals surface area contributed by atoms with Crippen LogP contribution in [0.4, 0.5) is 5.82 Å². The fourth-order valence-corrected chi connectivity index (χ4v) is 6.31. The van der Waals surface area contributed by atoms with Crippen LogP contribution >= 0.6 is 0 Å². The summed E-state index contributed by atoms with van der Waals surface area (Å²) in [6.45, 7) is 6.76. The molecule has 2 heterocycles. The van der Waals surface area contributed by atoms with Gasteiger partial charge in [0.15, 0.2) is 0 Å². The molecule has 1 aliphatic heterocycles. The number of rotatable bonds is 22. The van der Waals surface area contributed by atoms with Crippen LogP contribution in [-0.2, 0) is 14.3 Å². The van der Waals surface area contributed by atoms with Crippen molar-refractivity contribution in [2.24, 2.45) is 0 Å². The first kappa shape index (κ1) is 35.0. The summed E-state index contributed by atoms with van der Waals surface area (Å²) in [4.78, 5) is 19.4. The first-order valence-corrected chi connectivity index (χ1v) is 18.0. The molecule has 0 aliphatic carbocycles. The third kappa shape index (κ3) is 14.2. The van der Waals surface area contributed by atoms with Gasteiger partial charge in [0.1, 0.15) is 5.82 Å². The molecule has 1 amide bonds. The van der Waals surface area contributed by atoms with Gasteiger partial charge in [-0.25, -0.2) is 4.98 Å². The van der Waals surface area contributed by atoms with Crippen molar-refractivity contribution in [2.75, 3.05) is 44.2 Å². The Bertz CT molecular complexity index is 1130. The summed E-state index contributed by atoms with van der Waals surface area (Å²) >= 11 is 0. The van der Waals surface area contributed by atoms with E-state index in [1.165, 1.54) is 64.2 Å². The average molecular weight is 615 g/mol. The summed E-state index contributed by atoms with van der Waals surface area (Å²) in [5.41, 5.74) is 1.66. The van der Waals surface area contributed by atoms with Gasteiger partial charge in [-0.2, -0.15) is 8.42 Å². The van der Waals surface area contributed by atoms with Gasteiger partial charge in [0, 0.05) is 38.9 Å². The number of nitrogens with one attached hydrogen (secondary N) is 2. The zero-order valence-corrected chi connectivity index (χ0v) is 27.1. The van der Waals surface area contributed by atoms with Crippen molar-refractivity contribution >= 4 is 21.8 Å². The van der Waals surface area contributed by atoms with Crippen molar-refractivity contribution in [3.05, 3.63) is 53.7 Å². The molecule has 0 spiro atoms. The standard InChI is InChI=1S/C34H54N4O4S/c1-30-17-20-32(21-18-30)43(40,41)42-28-16-14-12-10-8-6-4-2-3-5-7-9-11-13-15-23-36-34(39)31-19-22-33(37-29-31)38-26-24-35-25-27-38/h17-22,29,35H,2-16,23-28H2,1H3,(H,36,39). The summed E-state index contributed by atoms with van der Waals surface area (Å²) in [5.74, 6) is 0.913. The van der Waals surface area contributed by atoms with Gasteiger partial charge in [-0.3, -0.25) is 8.98 Å².